The van der Waals surface area contributed by atoms with Crippen molar-refractivity contribution < 1.29 is 0 Å². The molecule has 0 aromatic heterocycles. The molecule has 0 radical (unpaired) electrons. The molecule has 1 aliphatic rings. The summed E-state index contributed by atoms with van der Waals surface area (Å²) in [6.45, 7) is 2.19. The van der Waals surface area contributed by atoms with E-state index >= 15 is 0 Å². The average Bonchev–Trinajstić information content (AvgIpc) is 2.81. The summed E-state index contributed by atoms with van der Waals surface area (Å²) in [5, 5.41) is 2.77. The molecule has 0 bridgehead atoms. The molecular weight excluding hydrogens is 192 g/mol. The van der Waals surface area contributed by atoms with Crippen LogP contribution < -0.4 is 0 Å². The number of fused-ring (bicyclic) bond motifs is 1. The van der Waals surface area contributed by atoms with E-state index in [1.54, 1.807) is 5.57 Å². The summed E-state index contributed by atoms with van der Waals surface area (Å²) in [4.78, 5) is 0. The third-order valence-corrected chi connectivity index (χ3v) is 3.39. The lowest BCUT2D eigenvalue weighted by Crippen LogP contribution is -1.86. The topological polar surface area (TPSA) is 0 Å². The Morgan fingerprint density at radius 1 is 1.06 bits per heavy atom. The average molecular weight is 208 g/mol. The van der Waals surface area contributed by atoms with Gasteiger partial charge < -0.3 is 0 Å². The maximum atomic E-state index is 2.40. The van der Waals surface area contributed by atoms with Gasteiger partial charge in [0.2, 0.25) is 0 Å². The predicted octanol–water partition coefficient (Wildman–Crippen LogP) is 4.72. The van der Waals surface area contributed by atoms with Crippen molar-refractivity contribution in [3.05, 3.63) is 53.6 Å². The largest absolute Gasteiger partial charge is 0.0807 e. The van der Waals surface area contributed by atoms with Crippen LogP contribution in [0, 0.1) is 6.92 Å². The van der Waals surface area contributed by atoms with Crippen LogP contribution in [0.3, 0.4) is 0 Å². The molecule has 0 heterocycles. The van der Waals surface area contributed by atoms with Gasteiger partial charge in [0.1, 0.15) is 0 Å². The van der Waals surface area contributed by atoms with Crippen molar-refractivity contribution in [2.75, 3.05) is 0 Å². The third kappa shape index (κ3) is 1.55. The van der Waals surface area contributed by atoms with E-state index in [9.17, 15) is 0 Å². The summed E-state index contributed by atoms with van der Waals surface area (Å²) in [6.07, 6.45) is 6.21. The SMILES string of the molecule is Cc1cc(C2=CCCC2)c2ccccc2c1. The van der Waals surface area contributed by atoms with E-state index in [0.717, 1.165) is 0 Å². The first-order valence-corrected chi connectivity index (χ1v) is 6.03. The highest BCUT2D eigenvalue weighted by Gasteiger charge is 2.10. The number of hydrogen-bond acceptors (Lipinski definition) is 0. The maximum Gasteiger partial charge on any atom is -0.0109 e. The third-order valence-electron chi connectivity index (χ3n) is 3.39. The highest BCUT2D eigenvalue weighted by Crippen LogP contribution is 2.33. The zero-order valence-electron chi connectivity index (χ0n) is 9.66. The van der Waals surface area contributed by atoms with Gasteiger partial charge in [0, 0.05) is 0 Å². The van der Waals surface area contributed by atoms with E-state index in [4.69, 9.17) is 0 Å². The molecule has 80 valence electrons. The van der Waals surface area contributed by atoms with Gasteiger partial charge in [0.25, 0.3) is 0 Å². The molecule has 1 aliphatic carbocycles. The lowest BCUT2D eigenvalue weighted by atomic mass is 9.95. The number of aryl methyl sites for hydroxylation is 1. The molecule has 0 atom stereocenters. The van der Waals surface area contributed by atoms with Gasteiger partial charge in [-0.25, -0.2) is 0 Å². The molecule has 0 aliphatic heterocycles. The minimum atomic E-state index is 1.24. The Morgan fingerprint density at radius 2 is 1.94 bits per heavy atom. The fourth-order valence-corrected chi connectivity index (χ4v) is 2.64. The predicted molar refractivity (Wildman–Crippen MR) is 70.5 cm³/mol. The summed E-state index contributed by atoms with van der Waals surface area (Å²) < 4.78 is 0. The Labute approximate surface area is 96.6 Å². The quantitative estimate of drug-likeness (QED) is 0.636. The van der Waals surface area contributed by atoms with Gasteiger partial charge in [-0.1, -0.05) is 42.5 Å². The van der Waals surface area contributed by atoms with Crippen molar-refractivity contribution in [3.63, 3.8) is 0 Å². The molecule has 3 rings (SSSR count). The Bertz CT molecular complexity index is 561. The normalized spacial score (nSPS) is 15.4. The van der Waals surface area contributed by atoms with Crippen LogP contribution in [0.15, 0.2) is 42.5 Å². The highest BCUT2D eigenvalue weighted by atomic mass is 14.1. The second-order valence-electron chi connectivity index (χ2n) is 4.66. The number of rotatable bonds is 1. The van der Waals surface area contributed by atoms with E-state index in [-0.39, 0.29) is 0 Å². The van der Waals surface area contributed by atoms with Crippen LogP contribution in [0.2, 0.25) is 0 Å². The van der Waals surface area contributed by atoms with Crippen LogP contribution in [0.4, 0.5) is 0 Å². The molecule has 0 nitrogen and oxygen atoms in total. The van der Waals surface area contributed by atoms with E-state index in [1.807, 2.05) is 0 Å². The van der Waals surface area contributed by atoms with Gasteiger partial charge in [-0.3, -0.25) is 0 Å². The Morgan fingerprint density at radius 3 is 2.75 bits per heavy atom. The number of benzene rings is 2. The Kier molecular flexibility index (Phi) is 2.28. The summed E-state index contributed by atoms with van der Waals surface area (Å²) in [5.74, 6) is 0. The minimum absolute atomic E-state index is 1.24. The van der Waals surface area contributed by atoms with Gasteiger partial charge in [0.15, 0.2) is 0 Å². The molecule has 16 heavy (non-hydrogen) atoms. The molecule has 2 aromatic carbocycles. The Hall–Kier alpha value is -1.56. The standard InChI is InChI=1S/C16H16/c1-12-10-14-8-4-5-9-15(14)16(11-12)13-6-2-3-7-13/h4-6,8-11H,2-3,7H2,1H3. The molecule has 0 unspecified atom stereocenters. The van der Waals surface area contributed by atoms with Gasteiger partial charge in [-0.05, 0) is 53.7 Å². The van der Waals surface area contributed by atoms with Gasteiger partial charge in [-0.2, -0.15) is 0 Å². The molecule has 2 aromatic rings. The molecule has 0 fully saturated rings. The number of hydrogen-bond donors (Lipinski definition) is 0. The van der Waals surface area contributed by atoms with E-state index in [2.05, 4.69) is 49.4 Å². The first kappa shape index (κ1) is 9.65. The molecule has 0 N–H and O–H groups in total. The van der Waals surface area contributed by atoms with Crippen molar-refractivity contribution in [2.24, 2.45) is 0 Å². The first-order chi connectivity index (χ1) is 7.84. The fourth-order valence-electron chi connectivity index (χ4n) is 2.64. The maximum absolute atomic E-state index is 2.40. The fraction of sp³-hybridized carbons (Fsp3) is 0.250. The molecule has 0 saturated heterocycles. The zero-order valence-corrected chi connectivity index (χ0v) is 9.66. The van der Waals surface area contributed by atoms with Crippen LogP contribution in [0.25, 0.3) is 16.3 Å². The van der Waals surface area contributed by atoms with Gasteiger partial charge >= 0.3 is 0 Å². The summed E-state index contributed by atoms with van der Waals surface area (Å²) in [7, 11) is 0. The number of allylic oxidation sites excluding steroid dienone is 2. The lowest BCUT2D eigenvalue weighted by molar-refractivity contribution is 0.935. The van der Waals surface area contributed by atoms with Crippen LogP contribution in [0.5, 0.6) is 0 Å². The van der Waals surface area contributed by atoms with Crippen molar-refractivity contribution in [2.45, 2.75) is 26.2 Å². The molecular formula is C16H16. The summed E-state index contributed by atoms with van der Waals surface area (Å²) >= 11 is 0. The monoisotopic (exact) mass is 208 g/mol. The lowest BCUT2D eigenvalue weighted by Gasteiger charge is -2.09. The molecule has 0 amide bonds. The van der Waals surface area contributed by atoms with Crippen LogP contribution in [-0.4, -0.2) is 0 Å². The van der Waals surface area contributed by atoms with Crippen LogP contribution in [0.1, 0.15) is 30.4 Å². The Balaban J connectivity index is 2.29. The van der Waals surface area contributed by atoms with Gasteiger partial charge in [0.05, 0.1) is 0 Å². The minimum Gasteiger partial charge on any atom is -0.0807 e. The second-order valence-corrected chi connectivity index (χ2v) is 4.66. The van der Waals surface area contributed by atoms with E-state index in [0.29, 0.717) is 0 Å². The van der Waals surface area contributed by atoms with Crippen molar-refractivity contribution in [1.82, 2.24) is 0 Å². The molecule has 0 spiro atoms. The first-order valence-electron chi connectivity index (χ1n) is 6.03. The van der Waals surface area contributed by atoms with Crippen molar-refractivity contribution >= 4 is 16.3 Å². The van der Waals surface area contributed by atoms with Crippen molar-refractivity contribution in [3.8, 4) is 0 Å². The van der Waals surface area contributed by atoms with Crippen molar-refractivity contribution in [1.29, 1.82) is 0 Å². The highest BCUT2D eigenvalue weighted by molar-refractivity contribution is 5.94. The smallest absolute Gasteiger partial charge is 0.0109 e. The summed E-state index contributed by atoms with van der Waals surface area (Å²) in [5.41, 5.74) is 4.36. The zero-order chi connectivity index (χ0) is 11.0. The van der Waals surface area contributed by atoms with E-state index < -0.39 is 0 Å². The summed E-state index contributed by atoms with van der Waals surface area (Å²) in [6, 6.07) is 13.3. The van der Waals surface area contributed by atoms with Crippen LogP contribution in [-0.2, 0) is 0 Å². The van der Waals surface area contributed by atoms with Gasteiger partial charge in [-0.15, -0.1) is 0 Å². The van der Waals surface area contributed by atoms with Crippen LogP contribution >= 0.6 is 0 Å². The molecule has 0 saturated carbocycles. The van der Waals surface area contributed by atoms with E-state index in [1.165, 1.54) is 41.2 Å². The molecule has 0 heteroatoms. The second kappa shape index (κ2) is 3.79.